The van der Waals surface area contributed by atoms with E-state index in [0.717, 1.165) is 5.69 Å². The Bertz CT molecular complexity index is 451. The molecular weight excluding hydrogens is 238 g/mol. The van der Waals surface area contributed by atoms with Crippen molar-refractivity contribution in [2.45, 2.75) is 45.7 Å². The van der Waals surface area contributed by atoms with Gasteiger partial charge in [0.25, 0.3) is 0 Å². The molecule has 0 saturated heterocycles. The van der Waals surface area contributed by atoms with Gasteiger partial charge >= 0.3 is 6.03 Å². The number of nitrogens with two attached hydrogens (primary N) is 1. The first-order valence-corrected chi connectivity index (χ1v) is 6.83. The smallest absolute Gasteiger partial charge is 0.316 e. The van der Waals surface area contributed by atoms with Crippen LogP contribution in [-0.4, -0.2) is 12.1 Å². The van der Waals surface area contributed by atoms with Crippen LogP contribution in [0.2, 0.25) is 0 Å². The topological polar surface area (TPSA) is 67.2 Å². The van der Waals surface area contributed by atoms with Gasteiger partial charge in [0.1, 0.15) is 0 Å². The molecule has 4 N–H and O–H groups in total. The molecule has 1 aromatic carbocycles. The molecule has 1 aliphatic carbocycles. The third-order valence-corrected chi connectivity index (χ3v) is 4.26. The molecule has 0 aromatic heterocycles. The number of nitrogens with one attached hydrogen (secondary N) is 2. The fourth-order valence-corrected chi connectivity index (χ4v) is 2.30. The summed E-state index contributed by atoms with van der Waals surface area (Å²) in [5.74, 6) is 0. The highest BCUT2D eigenvalue weighted by Crippen LogP contribution is 2.48. The Morgan fingerprint density at radius 3 is 2.32 bits per heavy atom. The molecule has 4 nitrogen and oxygen atoms in total. The second kappa shape index (κ2) is 5.21. The molecule has 1 aromatic rings. The first-order valence-electron chi connectivity index (χ1n) is 6.83. The fourth-order valence-electron chi connectivity index (χ4n) is 2.30. The minimum absolute atomic E-state index is 0.301. The van der Waals surface area contributed by atoms with E-state index >= 15 is 0 Å². The highest BCUT2D eigenvalue weighted by Gasteiger charge is 2.42. The number of benzene rings is 1. The summed E-state index contributed by atoms with van der Waals surface area (Å²) >= 11 is 0. The van der Waals surface area contributed by atoms with Crippen LogP contribution in [0.3, 0.4) is 0 Å². The number of rotatable bonds is 5. The zero-order valence-corrected chi connectivity index (χ0v) is 11.9. The van der Waals surface area contributed by atoms with Gasteiger partial charge in [-0.15, -0.1) is 0 Å². The van der Waals surface area contributed by atoms with E-state index in [2.05, 4.69) is 31.4 Å². The molecule has 2 rings (SSSR count). The van der Waals surface area contributed by atoms with E-state index in [1.54, 1.807) is 0 Å². The second-order valence-corrected chi connectivity index (χ2v) is 5.88. The van der Waals surface area contributed by atoms with Crippen LogP contribution in [0.25, 0.3) is 0 Å². The Morgan fingerprint density at radius 2 is 1.84 bits per heavy atom. The van der Waals surface area contributed by atoms with Gasteiger partial charge in [-0.25, -0.2) is 4.79 Å². The Labute approximate surface area is 114 Å². The van der Waals surface area contributed by atoms with E-state index in [4.69, 9.17) is 5.73 Å². The summed E-state index contributed by atoms with van der Waals surface area (Å²) in [5.41, 5.74) is 7.50. The van der Waals surface area contributed by atoms with Crippen LogP contribution in [0.1, 0.15) is 45.2 Å². The third-order valence-electron chi connectivity index (χ3n) is 4.26. The molecule has 0 aliphatic heterocycles. The van der Waals surface area contributed by atoms with Crippen LogP contribution in [0.4, 0.5) is 10.5 Å². The number of carbonyl (C=O) groups is 1. The number of primary amides is 1. The van der Waals surface area contributed by atoms with Crippen LogP contribution in [0, 0.1) is 5.41 Å². The predicted octanol–water partition coefficient (Wildman–Crippen LogP) is 3.02. The minimum atomic E-state index is -0.533. The molecule has 0 bridgehead atoms. The summed E-state index contributed by atoms with van der Waals surface area (Å²) in [6, 6.07) is 8.08. The second-order valence-electron chi connectivity index (χ2n) is 5.88. The fraction of sp³-hybridized carbons (Fsp3) is 0.533. The Hall–Kier alpha value is -1.55. The van der Waals surface area contributed by atoms with Crippen LogP contribution >= 0.6 is 0 Å². The minimum Gasteiger partial charge on any atom is -0.351 e. The van der Waals surface area contributed by atoms with Crippen LogP contribution < -0.4 is 16.4 Å². The normalized spacial score (nSPS) is 19.5. The molecular formula is C15H23N3O. The van der Waals surface area contributed by atoms with Crippen LogP contribution in [-0.2, 0) is 0 Å². The van der Waals surface area contributed by atoms with Crippen molar-refractivity contribution >= 4 is 11.7 Å². The lowest BCUT2D eigenvalue weighted by Crippen LogP contribution is -2.35. The monoisotopic (exact) mass is 261 g/mol. The number of hydrogen-bond acceptors (Lipinski definition) is 2. The first-order chi connectivity index (χ1) is 8.90. The van der Waals surface area contributed by atoms with Gasteiger partial charge in [-0.1, -0.05) is 19.1 Å². The molecule has 2 unspecified atom stereocenters. The SMILES string of the molecule is CC(NC(C)C1(C)CC1)c1ccc(NC(N)=O)cc1. The molecule has 19 heavy (non-hydrogen) atoms. The number of amides is 2. The quantitative estimate of drug-likeness (QED) is 0.762. The van der Waals surface area contributed by atoms with E-state index in [0.29, 0.717) is 17.5 Å². The molecule has 0 spiro atoms. The molecule has 1 saturated carbocycles. The molecule has 0 heterocycles. The summed E-state index contributed by atoms with van der Waals surface area (Å²) in [5, 5.41) is 6.21. The molecule has 1 fully saturated rings. The Morgan fingerprint density at radius 1 is 1.26 bits per heavy atom. The van der Waals surface area contributed by atoms with Crippen LogP contribution in [0.15, 0.2) is 24.3 Å². The Kier molecular flexibility index (Phi) is 3.80. The number of hydrogen-bond donors (Lipinski definition) is 3. The highest BCUT2D eigenvalue weighted by atomic mass is 16.2. The van der Waals surface area contributed by atoms with Crippen molar-refractivity contribution in [3.05, 3.63) is 29.8 Å². The maximum absolute atomic E-state index is 10.7. The van der Waals surface area contributed by atoms with Gasteiger partial charge in [-0.05, 0) is 49.8 Å². The van der Waals surface area contributed by atoms with Crippen molar-refractivity contribution in [3.8, 4) is 0 Å². The lowest BCUT2D eigenvalue weighted by atomic mass is 9.98. The number of carbonyl (C=O) groups excluding carboxylic acids is 1. The zero-order valence-electron chi connectivity index (χ0n) is 11.9. The van der Waals surface area contributed by atoms with Gasteiger partial charge in [-0.3, -0.25) is 0 Å². The van der Waals surface area contributed by atoms with E-state index < -0.39 is 6.03 Å². The van der Waals surface area contributed by atoms with Gasteiger partial charge in [0, 0.05) is 17.8 Å². The molecule has 2 amide bonds. The molecule has 1 aliphatic rings. The molecule has 0 radical (unpaired) electrons. The van der Waals surface area contributed by atoms with Crippen molar-refractivity contribution in [1.29, 1.82) is 0 Å². The molecule has 2 atom stereocenters. The van der Waals surface area contributed by atoms with Crippen molar-refractivity contribution in [2.75, 3.05) is 5.32 Å². The van der Waals surface area contributed by atoms with E-state index in [1.165, 1.54) is 18.4 Å². The molecule has 4 heteroatoms. The average molecular weight is 261 g/mol. The lowest BCUT2D eigenvalue weighted by molar-refractivity contribution is 0.259. The Balaban J connectivity index is 1.95. The van der Waals surface area contributed by atoms with Crippen molar-refractivity contribution in [3.63, 3.8) is 0 Å². The first kappa shape index (κ1) is 13.9. The van der Waals surface area contributed by atoms with Crippen molar-refractivity contribution in [2.24, 2.45) is 11.1 Å². The zero-order chi connectivity index (χ0) is 14.0. The standard InChI is InChI=1S/C15H23N3O/c1-10(17-11(2)15(3)8-9-15)12-4-6-13(7-5-12)18-14(16)19/h4-7,10-11,17H,8-9H2,1-3H3,(H3,16,18,19). The van der Waals surface area contributed by atoms with Gasteiger partial charge in [0.05, 0.1) is 0 Å². The summed E-state index contributed by atoms with van der Waals surface area (Å²) in [4.78, 5) is 10.7. The predicted molar refractivity (Wildman–Crippen MR) is 78.0 cm³/mol. The lowest BCUT2D eigenvalue weighted by Gasteiger charge is -2.25. The number of anilines is 1. The van der Waals surface area contributed by atoms with E-state index in [-0.39, 0.29) is 0 Å². The summed E-state index contributed by atoms with van der Waals surface area (Å²) in [6.45, 7) is 6.75. The van der Waals surface area contributed by atoms with Gasteiger partial charge in [-0.2, -0.15) is 0 Å². The van der Waals surface area contributed by atoms with Gasteiger partial charge < -0.3 is 16.4 Å². The maximum atomic E-state index is 10.7. The van der Waals surface area contributed by atoms with Gasteiger partial charge in [0.2, 0.25) is 0 Å². The average Bonchev–Trinajstić information content (AvgIpc) is 3.09. The summed E-state index contributed by atoms with van der Waals surface area (Å²) in [6.07, 6.45) is 2.63. The van der Waals surface area contributed by atoms with E-state index in [9.17, 15) is 4.79 Å². The maximum Gasteiger partial charge on any atom is 0.316 e. The summed E-state index contributed by atoms with van der Waals surface area (Å²) in [7, 11) is 0. The van der Waals surface area contributed by atoms with Crippen LogP contribution in [0.5, 0.6) is 0 Å². The highest BCUT2D eigenvalue weighted by molar-refractivity contribution is 5.87. The largest absolute Gasteiger partial charge is 0.351 e. The van der Waals surface area contributed by atoms with E-state index in [1.807, 2.05) is 24.3 Å². The van der Waals surface area contributed by atoms with Gasteiger partial charge in [0.15, 0.2) is 0 Å². The summed E-state index contributed by atoms with van der Waals surface area (Å²) < 4.78 is 0. The molecule has 104 valence electrons. The van der Waals surface area contributed by atoms with Crippen molar-refractivity contribution in [1.82, 2.24) is 5.32 Å². The number of urea groups is 1. The van der Waals surface area contributed by atoms with Crippen molar-refractivity contribution < 1.29 is 4.79 Å². The third kappa shape index (κ3) is 3.47.